The van der Waals surface area contributed by atoms with E-state index in [9.17, 15) is 0 Å². The van der Waals surface area contributed by atoms with Gasteiger partial charge in [0.25, 0.3) is 0 Å². The first-order chi connectivity index (χ1) is 7.29. The molecule has 0 atom stereocenters. The molecule has 1 aliphatic carbocycles. The molecular formula is C12H24BrN4. The highest BCUT2D eigenvalue weighted by Gasteiger charge is 2.47. The van der Waals surface area contributed by atoms with E-state index >= 15 is 0 Å². The molecule has 17 heavy (non-hydrogen) atoms. The fraction of sp³-hybridized carbons (Fsp3) is 0.667. The molecule has 0 aliphatic heterocycles. The highest BCUT2D eigenvalue weighted by molar-refractivity contribution is 6.16. The van der Waals surface area contributed by atoms with E-state index in [1.54, 1.807) is 0 Å². The van der Waals surface area contributed by atoms with Crippen LogP contribution in [-0.4, -0.2) is 81.4 Å². The van der Waals surface area contributed by atoms with Gasteiger partial charge in [-0.05, 0) is 14.1 Å². The molecule has 0 heterocycles. The summed E-state index contributed by atoms with van der Waals surface area (Å²) in [5.74, 6) is 0. The van der Waals surface area contributed by atoms with Crippen molar-refractivity contribution in [2.24, 2.45) is 0 Å². The quantitative estimate of drug-likeness (QED) is 0.521. The van der Waals surface area contributed by atoms with Crippen molar-refractivity contribution in [3.63, 3.8) is 0 Å². The third kappa shape index (κ3) is 2.83. The van der Waals surface area contributed by atoms with Crippen molar-refractivity contribution in [3.8, 4) is 0 Å². The first-order valence-corrected chi connectivity index (χ1v) is 5.47. The molecule has 0 N–H and O–H groups in total. The minimum Gasteiger partial charge on any atom is -1.00 e. The molecule has 0 unspecified atom stereocenters. The van der Waals surface area contributed by atoms with Gasteiger partial charge in [0.2, 0.25) is 5.71 Å². The minimum atomic E-state index is 0. The van der Waals surface area contributed by atoms with E-state index in [0.717, 1.165) is 0 Å². The van der Waals surface area contributed by atoms with E-state index in [-0.39, 0.29) is 17.0 Å². The van der Waals surface area contributed by atoms with Crippen molar-refractivity contribution in [1.29, 1.82) is 0 Å². The van der Waals surface area contributed by atoms with E-state index in [1.165, 1.54) is 23.1 Å². The minimum absolute atomic E-state index is 0. The molecular weight excluding hydrogens is 280 g/mol. The Bertz CT molecular complexity index is 338. The van der Waals surface area contributed by atoms with E-state index in [1.807, 2.05) is 0 Å². The second kappa shape index (κ2) is 5.87. The van der Waals surface area contributed by atoms with Crippen LogP contribution in [-0.2, 0) is 0 Å². The molecule has 0 saturated heterocycles. The summed E-state index contributed by atoms with van der Waals surface area (Å²) in [4.78, 5) is 6.53. The average molecular weight is 304 g/mol. The summed E-state index contributed by atoms with van der Waals surface area (Å²) < 4.78 is 2.18. The van der Waals surface area contributed by atoms with Crippen LogP contribution >= 0.6 is 0 Å². The maximum atomic E-state index is 2.18. The van der Waals surface area contributed by atoms with Crippen molar-refractivity contribution in [2.45, 2.75) is 0 Å². The second-order valence-corrected chi connectivity index (χ2v) is 4.97. The van der Waals surface area contributed by atoms with E-state index in [2.05, 4.69) is 75.7 Å². The Hall–Kier alpha value is -0.550. The summed E-state index contributed by atoms with van der Waals surface area (Å²) in [5, 5.41) is 0. The highest BCUT2D eigenvalue weighted by atomic mass is 79.9. The van der Waals surface area contributed by atoms with E-state index in [4.69, 9.17) is 0 Å². The van der Waals surface area contributed by atoms with Gasteiger partial charge in [-0.3, -0.25) is 4.90 Å². The van der Waals surface area contributed by atoms with Crippen LogP contribution in [0.1, 0.15) is 0 Å². The predicted octanol–water partition coefficient (Wildman–Crippen LogP) is -2.85. The van der Waals surface area contributed by atoms with Gasteiger partial charge >= 0.3 is 0 Å². The summed E-state index contributed by atoms with van der Waals surface area (Å²) in [6.07, 6.45) is 0. The molecule has 0 amide bonds. The van der Waals surface area contributed by atoms with Gasteiger partial charge in [0.1, 0.15) is 19.8 Å². The molecule has 0 saturated carbocycles. The van der Waals surface area contributed by atoms with Gasteiger partial charge in [0.05, 0.1) is 5.70 Å². The average Bonchev–Trinajstić information content (AvgIpc) is 1.97. The Labute approximate surface area is 116 Å². The SMILES string of the molecule is CN(C)[C]1C(N(C)C)=C(N(C)C)C1=[N+](C)C.[Br-]. The van der Waals surface area contributed by atoms with Crippen molar-refractivity contribution in [3.05, 3.63) is 17.4 Å². The lowest BCUT2D eigenvalue weighted by atomic mass is 9.88. The molecule has 0 aromatic rings. The lowest BCUT2D eigenvalue weighted by molar-refractivity contribution is -0.466. The Kier molecular flexibility index (Phi) is 5.68. The summed E-state index contributed by atoms with van der Waals surface area (Å²) in [6, 6.07) is 1.30. The van der Waals surface area contributed by atoms with Crippen LogP contribution in [0.2, 0.25) is 0 Å². The molecule has 0 bridgehead atoms. The van der Waals surface area contributed by atoms with Gasteiger partial charge in [0, 0.05) is 28.2 Å². The third-order valence-electron chi connectivity index (χ3n) is 2.69. The first-order valence-electron chi connectivity index (χ1n) is 5.47. The zero-order chi connectivity index (χ0) is 12.6. The molecule has 4 nitrogen and oxygen atoms in total. The van der Waals surface area contributed by atoms with Gasteiger partial charge in [-0.2, -0.15) is 0 Å². The number of rotatable bonds is 3. The zero-order valence-corrected chi connectivity index (χ0v) is 13.8. The molecule has 5 heteroatoms. The van der Waals surface area contributed by atoms with Gasteiger partial charge in [-0.1, -0.05) is 0 Å². The summed E-state index contributed by atoms with van der Waals surface area (Å²) in [5.41, 5.74) is 3.91. The Balaban J connectivity index is 0.00000256. The maximum Gasteiger partial charge on any atom is 0.230 e. The Morgan fingerprint density at radius 1 is 0.706 bits per heavy atom. The summed E-state index contributed by atoms with van der Waals surface area (Å²) in [7, 11) is 16.7. The fourth-order valence-electron chi connectivity index (χ4n) is 2.08. The van der Waals surface area contributed by atoms with E-state index < -0.39 is 0 Å². The van der Waals surface area contributed by atoms with E-state index in [0.29, 0.717) is 0 Å². The standard InChI is InChI=1S/C12H24N4.BrH/c1-13(2)9-10(14(3)4)12(16(7)8)11(9)15(5)6;/h1-8H3;1H/q+1;/p-1. The molecule has 1 rings (SSSR count). The number of nitrogens with zero attached hydrogens (tertiary/aromatic N) is 4. The fourth-order valence-corrected chi connectivity index (χ4v) is 2.08. The third-order valence-corrected chi connectivity index (χ3v) is 2.69. The molecule has 0 aromatic heterocycles. The van der Waals surface area contributed by atoms with Crippen LogP contribution in [0.15, 0.2) is 11.4 Å². The smallest absolute Gasteiger partial charge is 0.230 e. The number of halogens is 1. The Morgan fingerprint density at radius 3 is 1.35 bits per heavy atom. The van der Waals surface area contributed by atoms with Crippen LogP contribution in [0.4, 0.5) is 0 Å². The van der Waals surface area contributed by atoms with Crippen LogP contribution in [0.25, 0.3) is 0 Å². The van der Waals surface area contributed by atoms with Crippen LogP contribution in [0, 0.1) is 6.04 Å². The first kappa shape index (κ1) is 16.4. The lowest BCUT2D eigenvalue weighted by Gasteiger charge is -2.41. The lowest BCUT2D eigenvalue weighted by Crippen LogP contribution is -3.00. The normalized spacial score (nSPS) is 15.7. The largest absolute Gasteiger partial charge is 1.00 e. The molecule has 0 spiro atoms. The maximum absolute atomic E-state index is 2.18. The number of hydrogen-bond donors (Lipinski definition) is 0. The van der Waals surface area contributed by atoms with Crippen LogP contribution in [0.3, 0.4) is 0 Å². The molecule has 0 aromatic carbocycles. The monoisotopic (exact) mass is 303 g/mol. The number of likely N-dealkylation sites (N-methyl/N-ethyl adjacent to an activating group) is 2. The molecule has 0 fully saturated rings. The van der Waals surface area contributed by atoms with Gasteiger partial charge in [-0.15, -0.1) is 0 Å². The van der Waals surface area contributed by atoms with Crippen molar-refractivity contribution in [2.75, 3.05) is 56.4 Å². The number of hydrogen-bond acceptors (Lipinski definition) is 3. The highest BCUT2D eigenvalue weighted by Crippen LogP contribution is 2.37. The zero-order valence-electron chi connectivity index (χ0n) is 12.2. The molecule has 1 aliphatic rings. The molecule has 1 radical (unpaired) electrons. The van der Waals surface area contributed by atoms with Gasteiger partial charge < -0.3 is 26.8 Å². The van der Waals surface area contributed by atoms with Gasteiger partial charge in [-0.25, -0.2) is 4.58 Å². The summed E-state index contributed by atoms with van der Waals surface area (Å²) in [6.45, 7) is 0. The van der Waals surface area contributed by atoms with Gasteiger partial charge in [0.15, 0.2) is 6.04 Å². The molecule has 99 valence electrons. The van der Waals surface area contributed by atoms with Crippen molar-refractivity contribution < 1.29 is 21.6 Å². The topological polar surface area (TPSA) is 12.7 Å². The Morgan fingerprint density at radius 2 is 1.12 bits per heavy atom. The van der Waals surface area contributed by atoms with Crippen molar-refractivity contribution >= 4 is 5.71 Å². The van der Waals surface area contributed by atoms with Crippen molar-refractivity contribution in [1.82, 2.24) is 14.7 Å². The van der Waals surface area contributed by atoms with Crippen LogP contribution < -0.4 is 17.0 Å². The summed E-state index contributed by atoms with van der Waals surface area (Å²) >= 11 is 0. The second-order valence-electron chi connectivity index (χ2n) is 4.97. The van der Waals surface area contributed by atoms with Crippen LogP contribution in [0.5, 0.6) is 0 Å². The predicted molar refractivity (Wildman–Crippen MR) is 68.4 cm³/mol.